The zero-order valence-corrected chi connectivity index (χ0v) is 40.4. The second-order valence-electron chi connectivity index (χ2n) is 22.2. The number of hydrogen-bond donors (Lipinski definition) is 0. The average Bonchev–Trinajstić information content (AvgIpc) is 3.53. The lowest BCUT2D eigenvalue weighted by Crippen LogP contribution is -2.49. The number of hydrogen-bond acceptors (Lipinski definition) is 2. The van der Waals surface area contributed by atoms with Crippen LogP contribution >= 0.6 is 0 Å². The largest absolute Gasteiger partial charge is 0.309 e. The van der Waals surface area contributed by atoms with E-state index < -0.39 is 8.07 Å². The van der Waals surface area contributed by atoms with Crippen LogP contribution in [0.2, 0.25) is 13.1 Å². The molecule has 0 atom stereocenters. The average molecular weight is 857 g/mol. The molecule has 65 heavy (non-hydrogen) atoms. The zero-order valence-electron chi connectivity index (χ0n) is 39.4. The molecular formula is C62H56N2Si. The standard InChI is InChI=1S/C62H56N2Si/c1-59(2)43-19-11-15-23-51(43)63-52-24-16-12-20-44(52)60(3,4)48-32-39(31-47(59)57(48)63)37-27-29-41-42-30-28-38(36-56(42)65(9,10)55(41)35-37)40-33-49-58-50(34-40)62(7,8)46-22-14-18-26-54(46)64(58)53-25-17-13-21-45(53)61(49,5)6/h11-36H,1-10H3. The van der Waals surface area contributed by atoms with Gasteiger partial charge in [-0.1, -0.05) is 178 Å². The van der Waals surface area contributed by atoms with Crippen LogP contribution in [0.15, 0.2) is 158 Å². The summed E-state index contributed by atoms with van der Waals surface area (Å²) in [4.78, 5) is 5.13. The van der Waals surface area contributed by atoms with E-state index >= 15 is 0 Å². The third-order valence-corrected chi connectivity index (χ3v) is 20.5. The van der Waals surface area contributed by atoms with Crippen LogP contribution in [0.25, 0.3) is 33.4 Å². The van der Waals surface area contributed by atoms with E-state index in [1.807, 2.05) is 0 Å². The molecule has 3 heteroatoms. The molecule has 0 fully saturated rings. The van der Waals surface area contributed by atoms with Gasteiger partial charge in [-0.25, -0.2) is 0 Å². The predicted molar refractivity (Wildman–Crippen MR) is 277 cm³/mol. The van der Waals surface area contributed by atoms with E-state index in [1.165, 1.54) is 122 Å². The van der Waals surface area contributed by atoms with Crippen molar-refractivity contribution in [3.05, 3.63) is 202 Å². The number of benzene rings is 8. The molecule has 13 rings (SSSR count). The van der Waals surface area contributed by atoms with Gasteiger partial charge < -0.3 is 9.80 Å². The van der Waals surface area contributed by atoms with Crippen LogP contribution in [0.3, 0.4) is 0 Å². The Labute approximate surface area is 386 Å². The summed E-state index contributed by atoms with van der Waals surface area (Å²) in [5, 5.41) is 3.08. The topological polar surface area (TPSA) is 6.48 Å². The van der Waals surface area contributed by atoms with E-state index in [4.69, 9.17) is 0 Å². The predicted octanol–water partition coefficient (Wildman–Crippen LogP) is 15.3. The number of nitrogens with zero attached hydrogens (tertiary/aromatic N) is 2. The molecule has 2 nitrogen and oxygen atoms in total. The van der Waals surface area contributed by atoms with Crippen LogP contribution in [0.1, 0.15) is 99.9 Å². The molecule has 0 amide bonds. The van der Waals surface area contributed by atoms with Gasteiger partial charge in [-0.05, 0) is 137 Å². The minimum absolute atomic E-state index is 0.169. The number of anilines is 6. The van der Waals surface area contributed by atoms with Gasteiger partial charge in [0.05, 0.1) is 34.1 Å². The first-order chi connectivity index (χ1) is 31.0. The minimum atomic E-state index is -2.13. The molecule has 318 valence electrons. The highest BCUT2D eigenvalue weighted by molar-refractivity contribution is 7.03. The molecule has 0 aliphatic carbocycles. The van der Waals surface area contributed by atoms with Crippen LogP contribution in [0.5, 0.6) is 0 Å². The molecule has 0 N–H and O–H groups in total. The molecular weight excluding hydrogens is 801 g/mol. The van der Waals surface area contributed by atoms with Crippen molar-refractivity contribution in [3.63, 3.8) is 0 Å². The molecule has 0 saturated carbocycles. The Hall–Kier alpha value is -6.42. The first-order valence-electron chi connectivity index (χ1n) is 23.7. The number of rotatable bonds is 2. The molecule has 0 radical (unpaired) electrons. The summed E-state index contributed by atoms with van der Waals surface area (Å²) in [6.07, 6.45) is 0. The van der Waals surface area contributed by atoms with Crippen molar-refractivity contribution in [2.45, 2.75) is 90.1 Å². The van der Waals surface area contributed by atoms with Crippen molar-refractivity contribution in [3.8, 4) is 33.4 Å². The van der Waals surface area contributed by atoms with Gasteiger partial charge in [-0.3, -0.25) is 0 Å². The highest BCUT2D eigenvalue weighted by atomic mass is 28.3. The van der Waals surface area contributed by atoms with Crippen LogP contribution in [-0.4, -0.2) is 8.07 Å². The van der Waals surface area contributed by atoms with Crippen molar-refractivity contribution in [2.75, 3.05) is 9.80 Å². The van der Waals surface area contributed by atoms with E-state index in [0.29, 0.717) is 0 Å². The molecule has 0 aromatic heterocycles. The summed E-state index contributed by atoms with van der Waals surface area (Å²) in [6, 6.07) is 61.3. The SMILES string of the molecule is CC1(C)c2ccccc2N2c3ccccc3C(C)(C)c3cc(-c4ccc5c(c4)[Si](C)(C)c4cc(-c6cc7c8c(c6)C(C)(C)c6ccccc6N8c6ccccc6C7(C)C)ccc4-5)cc1c32. The summed E-state index contributed by atoms with van der Waals surface area (Å²) >= 11 is 0. The van der Waals surface area contributed by atoms with Crippen LogP contribution in [-0.2, 0) is 21.7 Å². The first-order valence-corrected chi connectivity index (χ1v) is 26.7. The molecule has 0 saturated heterocycles. The maximum Gasteiger partial charge on any atom is 0.113 e. The van der Waals surface area contributed by atoms with Gasteiger partial charge in [0.15, 0.2) is 0 Å². The summed E-state index contributed by atoms with van der Waals surface area (Å²) in [7, 11) is -2.13. The van der Waals surface area contributed by atoms with Gasteiger partial charge in [0.25, 0.3) is 0 Å². The molecule has 5 aliphatic heterocycles. The Balaban J connectivity index is 0.946. The van der Waals surface area contributed by atoms with Crippen molar-refractivity contribution >= 4 is 52.6 Å². The lowest BCUT2D eigenvalue weighted by atomic mass is 9.65. The van der Waals surface area contributed by atoms with E-state index in [2.05, 4.69) is 236 Å². The highest BCUT2D eigenvalue weighted by Crippen LogP contribution is 2.62. The smallest absolute Gasteiger partial charge is 0.113 e. The summed E-state index contributed by atoms with van der Waals surface area (Å²) in [6.45, 7) is 24.6. The van der Waals surface area contributed by atoms with Gasteiger partial charge >= 0.3 is 0 Å². The van der Waals surface area contributed by atoms with Crippen LogP contribution < -0.4 is 20.2 Å². The van der Waals surface area contributed by atoms with Crippen molar-refractivity contribution in [1.29, 1.82) is 0 Å². The van der Waals surface area contributed by atoms with E-state index in [0.717, 1.165) is 0 Å². The Morgan fingerprint density at radius 2 is 0.585 bits per heavy atom. The lowest BCUT2D eigenvalue weighted by molar-refractivity contribution is 0.597. The van der Waals surface area contributed by atoms with E-state index in [1.54, 1.807) is 0 Å². The Morgan fingerprint density at radius 1 is 0.308 bits per heavy atom. The highest BCUT2D eigenvalue weighted by Gasteiger charge is 2.48. The van der Waals surface area contributed by atoms with Gasteiger partial charge in [0.1, 0.15) is 8.07 Å². The van der Waals surface area contributed by atoms with Gasteiger partial charge in [0, 0.05) is 21.7 Å². The maximum atomic E-state index is 2.58. The summed E-state index contributed by atoms with van der Waals surface area (Å²) in [5.74, 6) is 0. The Morgan fingerprint density at radius 3 is 0.877 bits per heavy atom. The number of para-hydroxylation sites is 4. The first kappa shape index (κ1) is 39.0. The zero-order chi connectivity index (χ0) is 44.7. The second kappa shape index (κ2) is 12.5. The molecule has 8 aromatic carbocycles. The van der Waals surface area contributed by atoms with Crippen molar-refractivity contribution in [1.82, 2.24) is 0 Å². The summed E-state index contributed by atoms with van der Waals surface area (Å²) < 4.78 is 0. The normalized spacial score (nSPS) is 18.2. The Bertz CT molecular complexity index is 3050. The fourth-order valence-electron chi connectivity index (χ4n) is 13.2. The van der Waals surface area contributed by atoms with Gasteiger partial charge in [0.2, 0.25) is 0 Å². The second-order valence-corrected chi connectivity index (χ2v) is 26.6. The van der Waals surface area contributed by atoms with Gasteiger partial charge in [-0.15, -0.1) is 0 Å². The Kier molecular flexibility index (Phi) is 7.48. The van der Waals surface area contributed by atoms with Crippen molar-refractivity contribution in [2.24, 2.45) is 0 Å². The molecule has 0 spiro atoms. The van der Waals surface area contributed by atoms with Crippen LogP contribution in [0.4, 0.5) is 34.1 Å². The molecule has 0 unspecified atom stereocenters. The third kappa shape index (κ3) is 4.85. The minimum Gasteiger partial charge on any atom is -0.309 e. The number of fused-ring (bicyclic) bond motifs is 11. The fourth-order valence-corrected chi connectivity index (χ4v) is 16.3. The maximum absolute atomic E-state index is 2.58. The molecule has 8 aromatic rings. The van der Waals surface area contributed by atoms with E-state index in [9.17, 15) is 0 Å². The van der Waals surface area contributed by atoms with Gasteiger partial charge in [-0.2, -0.15) is 0 Å². The third-order valence-electron chi connectivity index (χ3n) is 17.0. The molecule has 5 aliphatic rings. The van der Waals surface area contributed by atoms with E-state index in [-0.39, 0.29) is 21.7 Å². The lowest BCUT2D eigenvalue weighted by Gasteiger charge is -2.49. The molecule has 0 bridgehead atoms. The fraction of sp³-hybridized carbons (Fsp3) is 0.226. The quantitative estimate of drug-likeness (QED) is 0.160. The summed E-state index contributed by atoms with van der Waals surface area (Å²) in [5.41, 5.74) is 26.4. The molecule has 5 heterocycles. The van der Waals surface area contributed by atoms with Crippen LogP contribution in [0, 0.1) is 0 Å². The monoisotopic (exact) mass is 856 g/mol. The van der Waals surface area contributed by atoms with Crippen molar-refractivity contribution < 1.29 is 0 Å².